The SMILES string of the molecule is CC(C)c1ccc(C(F)(F)F)nc1.Cc1ccc(C(F)F)nc1. The molecule has 0 aliphatic heterocycles. The van der Waals surface area contributed by atoms with Crippen molar-refractivity contribution in [2.45, 2.75) is 39.3 Å². The van der Waals surface area contributed by atoms with Gasteiger partial charge in [-0.05, 0) is 36.1 Å². The van der Waals surface area contributed by atoms with Gasteiger partial charge >= 0.3 is 6.18 Å². The molecule has 0 bridgehead atoms. The summed E-state index contributed by atoms with van der Waals surface area (Å²) >= 11 is 0. The van der Waals surface area contributed by atoms with E-state index in [1.54, 1.807) is 6.07 Å². The standard InChI is InChI=1S/C9H10F3N.C7H7F2N/c1-6(2)7-3-4-8(13-5-7)9(10,11)12;1-5-2-3-6(7(8)9)10-4-5/h3-6H,1-2H3;2-4,7H,1H3. The molecule has 0 radical (unpaired) electrons. The minimum absolute atomic E-state index is 0.161. The molecule has 7 heteroatoms. The van der Waals surface area contributed by atoms with Crippen molar-refractivity contribution in [2.75, 3.05) is 0 Å². The number of rotatable bonds is 2. The summed E-state index contributed by atoms with van der Waals surface area (Å²) in [6, 6.07) is 5.42. The first kappa shape index (κ1) is 19.0. The molecule has 0 unspecified atom stereocenters. The molecule has 2 aromatic heterocycles. The Morgan fingerprint density at radius 2 is 1.57 bits per heavy atom. The fraction of sp³-hybridized carbons (Fsp3) is 0.375. The maximum atomic E-state index is 12.1. The van der Waals surface area contributed by atoms with Gasteiger partial charge in [-0.1, -0.05) is 26.0 Å². The van der Waals surface area contributed by atoms with Gasteiger partial charge in [0.15, 0.2) is 0 Å². The van der Waals surface area contributed by atoms with Crippen LogP contribution in [0.3, 0.4) is 0 Å². The van der Waals surface area contributed by atoms with Gasteiger partial charge in [-0.2, -0.15) is 13.2 Å². The second-order valence-electron chi connectivity index (χ2n) is 5.19. The van der Waals surface area contributed by atoms with Crippen LogP contribution < -0.4 is 0 Å². The molecule has 0 aliphatic rings. The second-order valence-corrected chi connectivity index (χ2v) is 5.19. The molecule has 23 heavy (non-hydrogen) atoms. The molecule has 2 aromatic rings. The highest BCUT2D eigenvalue weighted by Gasteiger charge is 2.32. The summed E-state index contributed by atoms with van der Waals surface area (Å²) in [7, 11) is 0. The predicted molar refractivity (Wildman–Crippen MR) is 77.3 cm³/mol. The molecule has 0 saturated carbocycles. The fourth-order valence-electron chi connectivity index (χ4n) is 1.52. The van der Waals surface area contributed by atoms with Crippen molar-refractivity contribution in [3.05, 3.63) is 59.2 Å². The first-order chi connectivity index (χ1) is 10.6. The summed E-state index contributed by atoms with van der Waals surface area (Å²) in [6.45, 7) is 5.62. The molecule has 0 atom stereocenters. The number of aryl methyl sites for hydroxylation is 1. The Bertz CT molecular complexity index is 589. The Balaban J connectivity index is 0.000000238. The number of nitrogens with zero attached hydrogens (tertiary/aromatic N) is 2. The van der Waals surface area contributed by atoms with Crippen molar-refractivity contribution in [1.29, 1.82) is 0 Å². The third-order valence-electron chi connectivity index (χ3n) is 2.90. The minimum atomic E-state index is -4.34. The maximum absolute atomic E-state index is 12.1. The van der Waals surface area contributed by atoms with Crippen LogP contribution in [-0.4, -0.2) is 9.97 Å². The van der Waals surface area contributed by atoms with Crippen molar-refractivity contribution >= 4 is 0 Å². The van der Waals surface area contributed by atoms with Crippen molar-refractivity contribution < 1.29 is 22.0 Å². The van der Waals surface area contributed by atoms with Crippen LogP contribution in [0, 0.1) is 6.92 Å². The summed E-state index contributed by atoms with van der Waals surface area (Å²) in [5, 5.41) is 0. The molecule has 126 valence electrons. The molecule has 0 N–H and O–H groups in total. The molecule has 2 nitrogen and oxygen atoms in total. The zero-order valence-electron chi connectivity index (χ0n) is 12.9. The second kappa shape index (κ2) is 7.99. The van der Waals surface area contributed by atoms with Crippen LogP contribution in [0.25, 0.3) is 0 Å². The molecule has 0 amide bonds. The van der Waals surface area contributed by atoms with Crippen molar-refractivity contribution in [3.63, 3.8) is 0 Å². The van der Waals surface area contributed by atoms with Crippen LogP contribution in [0.4, 0.5) is 22.0 Å². The lowest BCUT2D eigenvalue weighted by Gasteiger charge is -2.07. The Labute approximate surface area is 131 Å². The maximum Gasteiger partial charge on any atom is 0.433 e. The van der Waals surface area contributed by atoms with Gasteiger partial charge in [0.2, 0.25) is 0 Å². The average Bonchev–Trinajstić information content (AvgIpc) is 2.47. The average molecular weight is 332 g/mol. The normalized spacial score (nSPS) is 11.4. The van der Waals surface area contributed by atoms with E-state index in [1.807, 2.05) is 20.8 Å². The molecule has 0 spiro atoms. The first-order valence-corrected chi connectivity index (χ1v) is 6.85. The van der Waals surface area contributed by atoms with Crippen molar-refractivity contribution in [3.8, 4) is 0 Å². The Morgan fingerprint density at radius 1 is 0.913 bits per heavy atom. The van der Waals surface area contributed by atoms with E-state index < -0.39 is 18.3 Å². The Kier molecular flexibility index (Phi) is 6.60. The quantitative estimate of drug-likeness (QED) is 0.674. The van der Waals surface area contributed by atoms with Gasteiger partial charge in [0.1, 0.15) is 11.4 Å². The highest BCUT2D eigenvalue weighted by Crippen LogP contribution is 2.27. The van der Waals surface area contributed by atoms with Crippen LogP contribution in [0.1, 0.15) is 48.7 Å². The van der Waals surface area contributed by atoms with E-state index in [0.29, 0.717) is 0 Å². The lowest BCUT2D eigenvalue weighted by atomic mass is 10.1. The van der Waals surface area contributed by atoms with Crippen molar-refractivity contribution in [2.24, 2.45) is 0 Å². The van der Waals surface area contributed by atoms with E-state index in [0.717, 1.165) is 17.2 Å². The third kappa shape index (κ3) is 6.30. The molecular formula is C16H17F5N2. The van der Waals surface area contributed by atoms with Crippen LogP contribution in [0.5, 0.6) is 0 Å². The topological polar surface area (TPSA) is 25.8 Å². The van der Waals surface area contributed by atoms with Gasteiger partial charge in [-0.25, -0.2) is 8.78 Å². The molecule has 2 heterocycles. The van der Waals surface area contributed by atoms with Gasteiger partial charge in [0.25, 0.3) is 6.43 Å². The number of alkyl halides is 5. The molecular weight excluding hydrogens is 315 g/mol. The lowest BCUT2D eigenvalue weighted by Crippen LogP contribution is -2.07. The number of hydrogen-bond acceptors (Lipinski definition) is 2. The van der Waals surface area contributed by atoms with Crippen LogP contribution in [0.15, 0.2) is 36.7 Å². The number of aromatic nitrogens is 2. The van der Waals surface area contributed by atoms with Gasteiger partial charge in [-0.15, -0.1) is 0 Å². The largest absolute Gasteiger partial charge is 0.433 e. The van der Waals surface area contributed by atoms with E-state index >= 15 is 0 Å². The summed E-state index contributed by atoms with van der Waals surface area (Å²) in [5.74, 6) is 0.204. The van der Waals surface area contributed by atoms with E-state index in [9.17, 15) is 22.0 Å². The van der Waals surface area contributed by atoms with Crippen molar-refractivity contribution in [1.82, 2.24) is 9.97 Å². The van der Waals surface area contributed by atoms with Gasteiger partial charge in [0, 0.05) is 12.4 Å². The zero-order valence-corrected chi connectivity index (χ0v) is 12.9. The monoisotopic (exact) mass is 332 g/mol. The fourth-order valence-corrected chi connectivity index (χ4v) is 1.52. The summed E-state index contributed by atoms with van der Waals surface area (Å²) in [4.78, 5) is 6.87. The van der Waals surface area contributed by atoms with Crippen LogP contribution >= 0.6 is 0 Å². The van der Waals surface area contributed by atoms with Gasteiger partial charge < -0.3 is 0 Å². The molecule has 0 aliphatic carbocycles. The predicted octanol–water partition coefficient (Wildman–Crippen LogP) is 5.55. The number of halogens is 5. The summed E-state index contributed by atoms with van der Waals surface area (Å²) < 4.78 is 59.8. The van der Waals surface area contributed by atoms with E-state index in [1.165, 1.54) is 24.5 Å². The first-order valence-electron chi connectivity index (χ1n) is 6.85. The molecule has 0 saturated heterocycles. The smallest absolute Gasteiger partial charge is 0.255 e. The lowest BCUT2D eigenvalue weighted by molar-refractivity contribution is -0.141. The molecule has 0 aromatic carbocycles. The summed E-state index contributed by atoms with van der Waals surface area (Å²) in [5.41, 5.74) is 0.708. The van der Waals surface area contributed by atoms with E-state index in [2.05, 4.69) is 9.97 Å². The van der Waals surface area contributed by atoms with Crippen LogP contribution in [-0.2, 0) is 6.18 Å². The minimum Gasteiger partial charge on any atom is -0.255 e. The zero-order chi connectivity index (χ0) is 17.6. The molecule has 2 rings (SSSR count). The summed E-state index contributed by atoms with van der Waals surface area (Å²) in [6.07, 6.45) is -4.09. The highest BCUT2D eigenvalue weighted by molar-refractivity contribution is 5.18. The van der Waals surface area contributed by atoms with E-state index in [-0.39, 0.29) is 11.6 Å². The Hall–Kier alpha value is -2.05. The third-order valence-corrected chi connectivity index (χ3v) is 2.90. The van der Waals surface area contributed by atoms with Crippen LogP contribution in [0.2, 0.25) is 0 Å². The van der Waals surface area contributed by atoms with E-state index in [4.69, 9.17) is 0 Å². The number of hydrogen-bond donors (Lipinski definition) is 0. The highest BCUT2D eigenvalue weighted by atomic mass is 19.4. The Morgan fingerprint density at radius 3 is 1.91 bits per heavy atom. The van der Waals surface area contributed by atoms with Gasteiger partial charge in [0.05, 0.1) is 0 Å². The van der Waals surface area contributed by atoms with Gasteiger partial charge in [-0.3, -0.25) is 9.97 Å². The molecule has 0 fully saturated rings. The number of pyridine rings is 2.